The fourth-order valence-corrected chi connectivity index (χ4v) is 3.37. The lowest BCUT2D eigenvalue weighted by molar-refractivity contribution is 0.663. The second kappa shape index (κ2) is 6.45. The maximum absolute atomic E-state index is 12.9. The van der Waals surface area contributed by atoms with E-state index in [0.29, 0.717) is 35.9 Å². The fraction of sp³-hybridized carbons (Fsp3) is 0.211. The van der Waals surface area contributed by atoms with Crippen LogP contribution in [0.2, 0.25) is 0 Å². The summed E-state index contributed by atoms with van der Waals surface area (Å²) in [5, 5.41) is 4.39. The first kappa shape index (κ1) is 16.4. The Labute approximate surface area is 159 Å². The molecule has 0 spiro atoms. The number of rotatable bonds is 5. The Morgan fingerprint density at radius 3 is 2.93 bits per heavy atom. The van der Waals surface area contributed by atoms with Crippen molar-refractivity contribution in [2.24, 2.45) is 0 Å². The van der Waals surface area contributed by atoms with Crippen molar-refractivity contribution in [1.82, 2.24) is 38.7 Å². The smallest absolute Gasteiger partial charge is 0.280 e. The number of pyridine rings is 1. The molecule has 9 heteroatoms. The number of fused-ring (bicyclic) bond motifs is 3. The molecular weight excluding hydrogens is 356 g/mol. The maximum Gasteiger partial charge on any atom is 0.280 e. The number of hydrogen-bond acceptors (Lipinski definition) is 5. The van der Waals surface area contributed by atoms with Crippen molar-refractivity contribution >= 4 is 16.9 Å². The second-order valence-electron chi connectivity index (χ2n) is 6.59. The molecule has 0 aliphatic carbocycles. The molecule has 5 aromatic rings. The van der Waals surface area contributed by atoms with Crippen LogP contribution in [0.3, 0.4) is 0 Å². The molecule has 0 aliphatic rings. The lowest BCUT2D eigenvalue weighted by atomic mass is 10.3. The molecule has 0 saturated carbocycles. The van der Waals surface area contributed by atoms with E-state index in [-0.39, 0.29) is 5.56 Å². The van der Waals surface area contributed by atoms with Crippen LogP contribution in [-0.4, -0.2) is 38.7 Å². The SMILES string of the molecule is CCCn1c(=O)c2[nH]c(-c3cnn(Cc4ccccn4)c3)nc2n2ccnc12. The molecule has 5 rings (SSSR count). The number of aromatic nitrogens is 8. The highest BCUT2D eigenvalue weighted by atomic mass is 16.1. The molecule has 0 bridgehead atoms. The average Bonchev–Trinajstić information content (AvgIpc) is 3.44. The zero-order valence-electron chi connectivity index (χ0n) is 15.3. The Morgan fingerprint density at radius 2 is 2.11 bits per heavy atom. The zero-order valence-corrected chi connectivity index (χ0v) is 15.3. The second-order valence-corrected chi connectivity index (χ2v) is 6.59. The standard InChI is InChI=1S/C19H18N8O/c1-2-8-27-18(28)15-17(26-9-7-21-19(26)27)24-16(23-15)13-10-22-25(11-13)12-14-5-3-4-6-20-14/h3-7,9-11H,2,8,12H2,1H3,(H,23,24). The number of H-pyrrole nitrogens is 1. The minimum Gasteiger partial charge on any atom is -0.332 e. The molecule has 28 heavy (non-hydrogen) atoms. The van der Waals surface area contributed by atoms with Gasteiger partial charge in [-0.15, -0.1) is 0 Å². The zero-order chi connectivity index (χ0) is 19.1. The van der Waals surface area contributed by atoms with Crippen molar-refractivity contribution in [2.75, 3.05) is 0 Å². The number of nitrogens with zero attached hydrogens (tertiary/aromatic N) is 7. The summed E-state index contributed by atoms with van der Waals surface area (Å²) in [4.78, 5) is 29.4. The van der Waals surface area contributed by atoms with Crippen molar-refractivity contribution in [2.45, 2.75) is 26.4 Å². The number of hydrogen-bond donors (Lipinski definition) is 1. The monoisotopic (exact) mass is 374 g/mol. The van der Waals surface area contributed by atoms with E-state index in [1.54, 1.807) is 27.8 Å². The molecule has 9 nitrogen and oxygen atoms in total. The lowest BCUT2D eigenvalue weighted by Gasteiger charge is -2.05. The summed E-state index contributed by atoms with van der Waals surface area (Å²) in [5.41, 5.74) is 2.64. The van der Waals surface area contributed by atoms with Crippen molar-refractivity contribution in [1.29, 1.82) is 0 Å². The van der Waals surface area contributed by atoms with Gasteiger partial charge in [0.2, 0.25) is 5.78 Å². The van der Waals surface area contributed by atoms with Crippen LogP contribution in [-0.2, 0) is 13.1 Å². The van der Waals surface area contributed by atoms with Crippen LogP contribution in [0.5, 0.6) is 0 Å². The highest BCUT2D eigenvalue weighted by Gasteiger charge is 2.17. The molecule has 5 aromatic heterocycles. The highest BCUT2D eigenvalue weighted by molar-refractivity contribution is 5.77. The number of nitrogens with one attached hydrogen (secondary N) is 1. The third-order valence-electron chi connectivity index (χ3n) is 4.64. The van der Waals surface area contributed by atoms with Crippen LogP contribution >= 0.6 is 0 Å². The van der Waals surface area contributed by atoms with Gasteiger partial charge in [0.1, 0.15) is 5.82 Å². The van der Waals surface area contributed by atoms with Gasteiger partial charge in [-0.2, -0.15) is 5.10 Å². The first-order valence-electron chi connectivity index (χ1n) is 9.13. The average molecular weight is 374 g/mol. The summed E-state index contributed by atoms with van der Waals surface area (Å²) < 4.78 is 5.31. The fourth-order valence-electron chi connectivity index (χ4n) is 3.37. The Balaban J connectivity index is 1.59. The Bertz CT molecular complexity index is 1320. The molecule has 0 aliphatic heterocycles. The van der Waals surface area contributed by atoms with Crippen LogP contribution < -0.4 is 5.56 Å². The molecule has 1 N–H and O–H groups in total. The molecule has 0 amide bonds. The first-order valence-corrected chi connectivity index (χ1v) is 9.13. The summed E-state index contributed by atoms with van der Waals surface area (Å²) in [6, 6.07) is 5.78. The number of imidazole rings is 2. The predicted octanol–water partition coefficient (Wildman–Crippen LogP) is 2.09. The van der Waals surface area contributed by atoms with Gasteiger partial charge in [-0.3, -0.25) is 23.4 Å². The number of aromatic amines is 1. The summed E-state index contributed by atoms with van der Waals surface area (Å²) in [7, 11) is 0. The van der Waals surface area contributed by atoms with Crippen LogP contribution in [0.1, 0.15) is 19.0 Å². The molecule has 0 aromatic carbocycles. The van der Waals surface area contributed by atoms with E-state index in [4.69, 9.17) is 0 Å². The predicted molar refractivity (Wildman–Crippen MR) is 104 cm³/mol. The van der Waals surface area contributed by atoms with Gasteiger partial charge in [0, 0.05) is 31.3 Å². The molecule has 0 unspecified atom stereocenters. The van der Waals surface area contributed by atoms with Gasteiger partial charge in [-0.1, -0.05) is 13.0 Å². The first-order chi connectivity index (χ1) is 13.7. The van der Waals surface area contributed by atoms with E-state index in [2.05, 4.69) is 25.0 Å². The molecule has 5 heterocycles. The van der Waals surface area contributed by atoms with Gasteiger partial charge < -0.3 is 4.98 Å². The van der Waals surface area contributed by atoms with Gasteiger partial charge in [0.05, 0.1) is 24.0 Å². The Hall–Kier alpha value is -3.75. The number of aryl methyl sites for hydroxylation is 1. The van der Waals surface area contributed by atoms with Crippen molar-refractivity contribution in [3.8, 4) is 11.4 Å². The highest BCUT2D eigenvalue weighted by Crippen LogP contribution is 2.19. The van der Waals surface area contributed by atoms with E-state index in [0.717, 1.165) is 17.7 Å². The Morgan fingerprint density at radius 1 is 1.18 bits per heavy atom. The van der Waals surface area contributed by atoms with E-state index in [1.807, 2.05) is 41.9 Å². The van der Waals surface area contributed by atoms with Crippen LogP contribution in [0.4, 0.5) is 0 Å². The van der Waals surface area contributed by atoms with E-state index in [1.165, 1.54) is 0 Å². The van der Waals surface area contributed by atoms with Crippen LogP contribution in [0.15, 0.2) is 54.0 Å². The van der Waals surface area contributed by atoms with Crippen molar-refractivity contribution in [3.63, 3.8) is 0 Å². The minimum atomic E-state index is -0.116. The van der Waals surface area contributed by atoms with Crippen molar-refractivity contribution in [3.05, 3.63) is 65.2 Å². The van der Waals surface area contributed by atoms with Gasteiger partial charge in [-0.25, -0.2) is 9.97 Å². The molecule has 140 valence electrons. The quantitative estimate of drug-likeness (QED) is 0.508. The van der Waals surface area contributed by atoms with E-state index in [9.17, 15) is 4.79 Å². The summed E-state index contributed by atoms with van der Waals surface area (Å²) >= 11 is 0. The van der Waals surface area contributed by atoms with Gasteiger partial charge in [-0.05, 0) is 18.6 Å². The van der Waals surface area contributed by atoms with Crippen LogP contribution in [0, 0.1) is 0 Å². The lowest BCUT2D eigenvalue weighted by Crippen LogP contribution is -2.23. The topological polar surface area (TPSA) is 98.7 Å². The van der Waals surface area contributed by atoms with Gasteiger partial charge >= 0.3 is 0 Å². The van der Waals surface area contributed by atoms with E-state index >= 15 is 0 Å². The van der Waals surface area contributed by atoms with E-state index < -0.39 is 0 Å². The molecule has 0 saturated heterocycles. The Kier molecular flexibility index (Phi) is 3.78. The summed E-state index contributed by atoms with van der Waals surface area (Å²) in [6.45, 7) is 3.20. The van der Waals surface area contributed by atoms with Crippen molar-refractivity contribution < 1.29 is 0 Å². The minimum absolute atomic E-state index is 0.116. The summed E-state index contributed by atoms with van der Waals surface area (Å²) in [5.74, 6) is 1.20. The van der Waals surface area contributed by atoms with Gasteiger partial charge in [0.25, 0.3) is 5.56 Å². The maximum atomic E-state index is 12.9. The third kappa shape index (κ3) is 2.59. The molecular formula is C19H18N8O. The normalized spacial score (nSPS) is 11.6. The largest absolute Gasteiger partial charge is 0.332 e. The molecule has 0 fully saturated rings. The molecule has 0 atom stereocenters. The van der Waals surface area contributed by atoms with Crippen LogP contribution in [0.25, 0.3) is 28.3 Å². The third-order valence-corrected chi connectivity index (χ3v) is 4.64. The van der Waals surface area contributed by atoms with Gasteiger partial charge in [0.15, 0.2) is 11.2 Å². The molecule has 0 radical (unpaired) electrons. The summed E-state index contributed by atoms with van der Waals surface area (Å²) in [6.07, 6.45) is 9.72.